The fourth-order valence-corrected chi connectivity index (χ4v) is 2.51. The van der Waals surface area contributed by atoms with Gasteiger partial charge in [0.05, 0.1) is 12.5 Å². The molecule has 0 bridgehead atoms. The van der Waals surface area contributed by atoms with Crippen molar-refractivity contribution < 1.29 is 9.59 Å². The van der Waals surface area contributed by atoms with E-state index < -0.39 is 0 Å². The Hall–Kier alpha value is -1.64. The summed E-state index contributed by atoms with van der Waals surface area (Å²) in [5.74, 6) is 0.0339. The molecule has 1 unspecified atom stereocenters. The van der Waals surface area contributed by atoms with Gasteiger partial charge in [0.1, 0.15) is 0 Å². The highest BCUT2D eigenvalue weighted by atomic mass is 16.2. The molecule has 1 amide bonds. The first-order chi connectivity index (χ1) is 7.27. The molecule has 0 radical (unpaired) electrons. The molecule has 3 rings (SSSR count). The summed E-state index contributed by atoms with van der Waals surface area (Å²) >= 11 is 0. The van der Waals surface area contributed by atoms with Gasteiger partial charge < -0.3 is 4.90 Å². The average molecular weight is 201 g/mol. The zero-order valence-electron chi connectivity index (χ0n) is 8.27. The van der Waals surface area contributed by atoms with Crippen LogP contribution >= 0.6 is 0 Å². The van der Waals surface area contributed by atoms with E-state index in [0.29, 0.717) is 0 Å². The van der Waals surface area contributed by atoms with E-state index in [1.54, 1.807) is 4.90 Å². The molecule has 0 aromatic heterocycles. The largest absolute Gasteiger partial charge is 0.301 e. The molecule has 1 saturated heterocycles. The lowest BCUT2D eigenvalue weighted by Gasteiger charge is -2.30. The Morgan fingerprint density at radius 3 is 2.87 bits per heavy atom. The third-order valence-electron chi connectivity index (χ3n) is 3.22. The molecular formula is C12H11NO2. The topological polar surface area (TPSA) is 37.4 Å². The summed E-state index contributed by atoms with van der Waals surface area (Å²) in [5.41, 5.74) is 2.11. The molecule has 2 aliphatic rings. The van der Waals surface area contributed by atoms with Crippen LogP contribution < -0.4 is 4.90 Å². The second-order valence-electron chi connectivity index (χ2n) is 4.09. The predicted octanol–water partition coefficient (Wildman–Crippen LogP) is 1.31. The van der Waals surface area contributed by atoms with E-state index in [0.717, 1.165) is 18.5 Å². The van der Waals surface area contributed by atoms with Crippen LogP contribution in [0, 0.1) is 0 Å². The molecule has 3 heteroatoms. The molecule has 0 aliphatic carbocycles. The second-order valence-corrected chi connectivity index (χ2v) is 4.09. The number of nitrogens with zero attached hydrogens (tertiary/aromatic N) is 1. The van der Waals surface area contributed by atoms with Crippen LogP contribution in [-0.4, -0.2) is 17.7 Å². The highest BCUT2D eigenvalue weighted by molar-refractivity contribution is 6.17. The highest BCUT2D eigenvalue weighted by Gasteiger charge is 2.41. The number of ketones is 1. The molecule has 2 heterocycles. The first-order valence-corrected chi connectivity index (χ1v) is 5.20. The molecule has 1 fully saturated rings. The number of rotatable bonds is 0. The van der Waals surface area contributed by atoms with Crippen molar-refractivity contribution in [2.45, 2.75) is 25.3 Å². The van der Waals surface area contributed by atoms with Gasteiger partial charge in [-0.1, -0.05) is 18.2 Å². The van der Waals surface area contributed by atoms with Crippen molar-refractivity contribution in [2.75, 3.05) is 4.90 Å². The molecule has 15 heavy (non-hydrogen) atoms. The maximum atomic E-state index is 11.7. The van der Waals surface area contributed by atoms with Crippen molar-refractivity contribution in [1.82, 2.24) is 0 Å². The number of anilines is 1. The van der Waals surface area contributed by atoms with Crippen LogP contribution in [0.5, 0.6) is 0 Å². The van der Waals surface area contributed by atoms with Crippen molar-refractivity contribution in [3.8, 4) is 0 Å². The van der Waals surface area contributed by atoms with Gasteiger partial charge in [0.2, 0.25) is 5.91 Å². The molecule has 1 aromatic carbocycles. The third kappa shape index (κ3) is 1.12. The first-order valence-electron chi connectivity index (χ1n) is 5.20. The van der Waals surface area contributed by atoms with E-state index in [-0.39, 0.29) is 24.2 Å². The van der Waals surface area contributed by atoms with Gasteiger partial charge in [-0.3, -0.25) is 9.59 Å². The molecule has 1 atom stereocenters. The van der Waals surface area contributed by atoms with Crippen molar-refractivity contribution in [2.24, 2.45) is 0 Å². The van der Waals surface area contributed by atoms with E-state index in [1.165, 1.54) is 5.56 Å². The van der Waals surface area contributed by atoms with E-state index in [9.17, 15) is 9.59 Å². The van der Waals surface area contributed by atoms with Gasteiger partial charge in [0.15, 0.2) is 5.78 Å². The zero-order valence-corrected chi connectivity index (χ0v) is 8.27. The summed E-state index contributed by atoms with van der Waals surface area (Å²) in [5, 5.41) is 0. The minimum Gasteiger partial charge on any atom is -0.301 e. The van der Waals surface area contributed by atoms with Crippen LogP contribution in [0.15, 0.2) is 24.3 Å². The van der Waals surface area contributed by atoms with Gasteiger partial charge in [-0.15, -0.1) is 0 Å². The minimum atomic E-state index is -0.188. The number of hydrogen-bond acceptors (Lipinski definition) is 2. The quantitative estimate of drug-likeness (QED) is 0.593. The Kier molecular flexibility index (Phi) is 1.69. The maximum Gasteiger partial charge on any atom is 0.235 e. The maximum absolute atomic E-state index is 11.7. The number of benzene rings is 1. The average Bonchev–Trinajstić information content (AvgIpc) is 2.55. The smallest absolute Gasteiger partial charge is 0.235 e. The summed E-state index contributed by atoms with van der Waals surface area (Å²) in [4.78, 5) is 24.9. The number of carbonyl (C=O) groups excluding carboxylic acids is 2. The summed E-state index contributed by atoms with van der Waals surface area (Å²) in [6.45, 7) is 0. The number of hydrogen-bond donors (Lipinski definition) is 0. The van der Waals surface area contributed by atoms with Gasteiger partial charge in [-0.2, -0.15) is 0 Å². The number of carbonyl (C=O) groups is 2. The molecule has 0 N–H and O–H groups in total. The monoisotopic (exact) mass is 201 g/mol. The van der Waals surface area contributed by atoms with Gasteiger partial charge in [0, 0.05) is 5.69 Å². The third-order valence-corrected chi connectivity index (χ3v) is 3.22. The van der Waals surface area contributed by atoms with Crippen molar-refractivity contribution >= 4 is 17.4 Å². The Labute approximate surface area is 87.7 Å². The standard InChI is InChI=1S/C12H11NO2/c14-11-7-12(15)13-9-4-2-1-3-8(9)5-6-10(11)13/h1-4,10H,5-7H2. The number of Topliss-reactive ketones (excluding diaryl/α,β-unsaturated/α-hetero) is 1. The lowest BCUT2D eigenvalue weighted by Crippen LogP contribution is -2.39. The van der Waals surface area contributed by atoms with Crippen LogP contribution in [-0.2, 0) is 16.0 Å². The predicted molar refractivity (Wildman–Crippen MR) is 55.7 cm³/mol. The van der Waals surface area contributed by atoms with Crippen LogP contribution in [0.25, 0.3) is 0 Å². The molecule has 3 nitrogen and oxygen atoms in total. The molecule has 0 spiro atoms. The number of aryl methyl sites for hydroxylation is 1. The summed E-state index contributed by atoms with van der Waals surface area (Å²) in [7, 11) is 0. The van der Waals surface area contributed by atoms with E-state index >= 15 is 0 Å². The Morgan fingerprint density at radius 1 is 1.20 bits per heavy atom. The molecule has 2 aliphatic heterocycles. The Bertz CT molecular complexity index is 453. The summed E-state index contributed by atoms with van der Waals surface area (Å²) < 4.78 is 0. The fraction of sp³-hybridized carbons (Fsp3) is 0.333. The lowest BCUT2D eigenvalue weighted by molar-refractivity contribution is -0.121. The fourth-order valence-electron chi connectivity index (χ4n) is 2.51. The van der Waals surface area contributed by atoms with E-state index in [2.05, 4.69) is 0 Å². The highest BCUT2D eigenvalue weighted by Crippen LogP contribution is 2.34. The van der Waals surface area contributed by atoms with Gasteiger partial charge in [0.25, 0.3) is 0 Å². The Balaban J connectivity index is 2.13. The number of amides is 1. The molecule has 1 aromatic rings. The van der Waals surface area contributed by atoms with Crippen LogP contribution in [0.3, 0.4) is 0 Å². The Morgan fingerprint density at radius 2 is 2.00 bits per heavy atom. The first kappa shape index (κ1) is 8.65. The van der Waals surface area contributed by atoms with Crippen LogP contribution in [0.4, 0.5) is 5.69 Å². The van der Waals surface area contributed by atoms with Gasteiger partial charge >= 0.3 is 0 Å². The number of para-hydroxylation sites is 1. The molecule has 76 valence electrons. The SMILES string of the molecule is O=C1CC(=O)N2c3ccccc3CCC12. The van der Waals surface area contributed by atoms with Crippen molar-refractivity contribution in [3.05, 3.63) is 29.8 Å². The van der Waals surface area contributed by atoms with Gasteiger partial charge in [-0.05, 0) is 24.5 Å². The summed E-state index contributed by atoms with van der Waals surface area (Å²) in [6.07, 6.45) is 1.76. The number of fused-ring (bicyclic) bond motifs is 3. The van der Waals surface area contributed by atoms with E-state index in [4.69, 9.17) is 0 Å². The van der Waals surface area contributed by atoms with Gasteiger partial charge in [-0.25, -0.2) is 0 Å². The minimum absolute atomic E-state index is 0.0443. The second kappa shape index (κ2) is 2.92. The van der Waals surface area contributed by atoms with Crippen molar-refractivity contribution in [1.29, 1.82) is 0 Å². The van der Waals surface area contributed by atoms with E-state index in [1.807, 2.05) is 24.3 Å². The van der Waals surface area contributed by atoms with Crippen molar-refractivity contribution in [3.63, 3.8) is 0 Å². The molecular weight excluding hydrogens is 190 g/mol. The zero-order chi connectivity index (χ0) is 10.4. The lowest BCUT2D eigenvalue weighted by atomic mass is 9.96. The molecule has 0 saturated carbocycles. The van der Waals surface area contributed by atoms with Crippen LogP contribution in [0.2, 0.25) is 0 Å². The summed E-state index contributed by atoms with van der Waals surface area (Å²) in [6, 6.07) is 7.66. The normalized spacial score (nSPS) is 24.0. The van der Waals surface area contributed by atoms with Crippen LogP contribution in [0.1, 0.15) is 18.4 Å².